The molecule has 2 heterocycles. The van der Waals surface area contributed by atoms with E-state index >= 15 is 0 Å². The summed E-state index contributed by atoms with van der Waals surface area (Å²) in [6.07, 6.45) is 1.96. The number of aromatic nitrogens is 1. The molecule has 1 aliphatic heterocycles. The van der Waals surface area contributed by atoms with Crippen molar-refractivity contribution in [3.8, 4) is 0 Å². The van der Waals surface area contributed by atoms with Gasteiger partial charge in [-0.15, -0.1) is 0 Å². The zero-order valence-electron chi connectivity index (χ0n) is 11.9. The minimum absolute atomic E-state index is 0.165. The second-order valence-electron chi connectivity index (χ2n) is 5.54. The molecule has 1 aliphatic rings. The van der Waals surface area contributed by atoms with Gasteiger partial charge in [0.2, 0.25) is 0 Å². The molecule has 4 rings (SSSR count). The fourth-order valence-corrected chi connectivity index (χ4v) is 3.35. The Morgan fingerprint density at radius 2 is 2.00 bits per heavy atom. The van der Waals surface area contributed by atoms with Gasteiger partial charge < -0.3 is 15.4 Å². The van der Waals surface area contributed by atoms with Crippen LogP contribution in [0.25, 0.3) is 10.9 Å². The molecular formula is C17H14ClN3O. The summed E-state index contributed by atoms with van der Waals surface area (Å²) in [5.74, 6) is 0.165. The van der Waals surface area contributed by atoms with Crippen molar-refractivity contribution in [2.24, 2.45) is 17.8 Å². The predicted molar refractivity (Wildman–Crippen MR) is 88.7 cm³/mol. The topological polar surface area (TPSA) is 63.5 Å². The first-order valence-electron chi connectivity index (χ1n) is 6.93. The normalized spacial score (nSPS) is 20.2. The Morgan fingerprint density at radius 1 is 1.18 bits per heavy atom. The molecule has 0 saturated carbocycles. The van der Waals surface area contributed by atoms with Crippen LogP contribution in [0.2, 0.25) is 5.02 Å². The monoisotopic (exact) mass is 311 g/mol. The molecule has 0 saturated heterocycles. The fraction of sp³-hybridized carbons (Fsp3) is 0.118. The van der Waals surface area contributed by atoms with E-state index < -0.39 is 5.60 Å². The van der Waals surface area contributed by atoms with E-state index in [9.17, 15) is 5.11 Å². The summed E-state index contributed by atoms with van der Waals surface area (Å²) >= 11 is 6.11. The minimum atomic E-state index is -1.47. The van der Waals surface area contributed by atoms with Crippen molar-refractivity contribution in [1.29, 1.82) is 0 Å². The number of aliphatic hydroxyl groups is 1. The summed E-state index contributed by atoms with van der Waals surface area (Å²) in [7, 11) is 1.94. The molecule has 5 heteroatoms. The number of nitrogens with zero attached hydrogens (tertiary/aromatic N) is 2. The summed E-state index contributed by atoms with van der Waals surface area (Å²) in [6, 6.07) is 13.0. The minimum Gasteiger partial charge on any atom is -0.384 e. The number of nitrogens with two attached hydrogens (primary N) is 1. The third kappa shape index (κ3) is 1.59. The first-order chi connectivity index (χ1) is 10.5. The van der Waals surface area contributed by atoms with Crippen molar-refractivity contribution in [2.45, 2.75) is 5.60 Å². The molecule has 22 heavy (non-hydrogen) atoms. The Morgan fingerprint density at radius 3 is 2.82 bits per heavy atom. The van der Waals surface area contributed by atoms with Gasteiger partial charge in [0.25, 0.3) is 0 Å². The van der Waals surface area contributed by atoms with Crippen molar-refractivity contribution in [1.82, 2.24) is 4.57 Å². The highest BCUT2D eigenvalue weighted by molar-refractivity contribution is 6.30. The third-order valence-electron chi connectivity index (χ3n) is 4.25. The van der Waals surface area contributed by atoms with E-state index in [0.717, 1.165) is 10.9 Å². The van der Waals surface area contributed by atoms with Gasteiger partial charge in [0.15, 0.2) is 5.60 Å². The van der Waals surface area contributed by atoms with E-state index in [1.165, 1.54) is 0 Å². The Labute approximate surface area is 132 Å². The SMILES string of the molecule is Cn1ccc2cccc(C3(O)C(N)=Nc4ccc(Cl)cc43)c21. The molecule has 0 radical (unpaired) electrons. The highest BCUT2D eigenvalue weighted by Crippen LogP contribution is 2.44. The van der Waals surface area contributed by atoms with Crippen LogP contribution in [0.5, 0.6) is 0 Å². The van der Waals surface area contributed by atoms with Crippen molar-refractivity contribution in [3.05, 3.63) is 64.8 Å². The lowest BCUT2D eigenvalue weighted by molar-refractivity contribution is 0.160. The van der Waals surface area contributed by atoms with Crippen molar-refractivity contribution >= 4 is 34.0 Å². The molecule has 0 bridgehead atoms. The molecular weight excluding hydrogens is 298 g/mol. The van der Waals surface area contributed by atoms with Gasteiger partial charge in [-0.2, -0.15) is 0 Å². The number of hydrogen-bond donors (Lipinski definition) is 2. The Balaban J connectivity index is 2.08. The molecule has 110 valence electrons. The van der Waals surface area contributed by atoms with Gasteiger partial charge in [-0.3, -0.25) is 0 Å². The van der Waals surface area contributed by atoms with E-state index in [1.54, 1.807) is 18.2 Å². The van der Waals surface area contributed by atoms with Crippen LogP contribution in [-0.4, -0.2) is 15.5 Å². The zero-order chi connectivity index (χ0) is 15.5. The van der Waals surface area contributed by atoms with Gasteiger partial charge in [-0.1, -0.05) is 29.8 Å². The number of hydrogen-bond acceptors (Lipinski definition) is 3. The molecule has 0 spiro atoms. The van der Waals surface area contributed by atoms with Crippen LogP contribution < -0.4 is 5.73 Å². The molecule has 1 atom stereocenters. The molecule has 0 aliphatic carbocycles. The van der Waals surface area contributed by atoms with E-state index in [1.807, 2.05) is 42.1 Å². The number of para-hydroxylation sites is 1. The first-order valence-corrected chi connectivity index (χ1v) is 7.31. The molecule has 4 nitrogen and oxygen atoms in total. The molecule has 3 aromatic rings. The quantitative estimate of drug-likeness (QED) is 0.725. The van der Waals surface area contributed by atoms with Gasteiger partial charge >= 0.3 is 0 Å². The van der Waals surface area contributed by atoms with Crippen LogP contribution in [0.15, 0.2) is 53.7 Å². The maximum absolute atomic E-state index is 11.4. The highest BCUT2D eigenvalue weighted by Gasteiger charge is 2.43. The number of aliphatic imine (C=N–C) groups is 1. The molecule has 0 amide bonds. The number of benzene rings is 2. The molecule has 1 unspecified atom stereocenters. The largest absolute Gasteiger partial charge is 0.384 e. The smallest absolute Gasteiger partial charge is 0.176 e. The average molecular weight is 312 g/mol. The van der Waals surface area contributed by atoms with Crippen molar-refractivity contribution in [3.63, 3.8) is 0 Å². The van der Waals surface area contributed by atoms with Crippen molar-refractivity contribution in [2.75, 3.05) is 0 Å². The van der Waals surface area contributed by atoms with Crippen LogP contribution in [0.3, 0.4) is 0 Å². The highest BCUT2D eigenvalue weighted by atomic mass is 35.5. The summed E-state index contributed by atoms with van der Waals surface area (Å²) in [6.45, 7) is 0. The summed E-state index contributed by atoms with van der Waals surface area (Å²) in [5.41, 5.74) is 7.54. The van der Waals surface area contributed by atoms with E-state index in [4.69, 9.17) is 17.3 Å². The van der Waals surface area contributed by atoms with Crippen LogP contribution >= 0.6 is 11.6 Å². The van der Waals surface area contributed by atoms with Gasteiger partial charge in [0, 0.05) is 29.4 Å². The summed E-state index contributed by atoms with van der Waals surface area (Å²) in [5, 5.41) is 13.0. The summed E-state index contributed by atoms with van der Waals surface area (Å²) < 4.78 is 1.97. The second kappa shape index (κ2) is 4.35. The Hall–Kier alpha value is -2.30. The second-order valence-corrected chi connectivity index (χ2v) is 5.98. The fourth-order valence-electron chi connectivity index (χ4n) is 3.18. The molecule has 0 fully saturated rings. The average Bonchev–Trinajstić information content (AvgIpc) is 3.00. The lowest BCUT2D eigenvalue weighted by Crippen LogP contribution is -2.40. The van der Waals surface area contributed by atoms with Crippen molar-refractivity contribution < 1.29 is 5.11 Å². The van der Waals surface area contributed by atoms with Crippen LogP contribution in [0.4, 0.5) is 5.69 Å². The van der Waals surface area contributed by atoms with Gasteiger partial charge in [0.05, 0.1) is 11.2 Å². The van der Waals surface area contributed by atoms with Crippen LogP contribution in [-0.2, 0) is 12.6 Å². The third-order valence-corrected chi connectivity index (χ3v) is 4.48. The zero-order valence-corrected chi connectivity index (χ0v) is 12.7. The number of aryl methyl sites for hydroxylation is 1. The maximum Gasteiger partial charge on any atom is 0.176 e. The standard InChI is InChI=1S/C17H14ClN3O/c1-21-8-7-10-3-2-4-12(15(10)21)17(22)13-9-11(18)5-6-14(13)20-16(17)19/h2-9,22H,1H3,(H2,19,20). The van der Waals surface area contributed by atoms with E-state index in [-0.39, 0.29) is 5.84 Å². The first kappa shape index (κ1) is 13.4. The lowest BCUT2D eigenvalue weighted by Gasteiger charge is -2.26. The Kier molecular flexibility index (Phi) is 2.64. The Bertz CT molecular complexity index is 944. The molecule has 1 aromatic heterocycles. The van der Waals surface area contributed by atoms with E-state index in [0.29, 0.717) is 21.8 Å². The molecule has 2 aromatic carbocycles. The van der Waals surface area contributed by atoms with Crippen LogP contribution in [0, 0.1) is 0 Å². The number of amidine groups is 1. The number of fused-ring (bicyclic) bond motifs is 2. The van der Waals surface area contributed by atoms with Gasteiger partial charge in [0.1, 0.15) is 5.84 Å². The maximum atomic E-state index is 11.4. The predicted octanol–water partition coefficient (Wildman–Crippen LogP) is 3.07. The lowest BCUT2D eigenvalue weighted by atomic mass is 9.85. The number of rotatable bonds is 1. The van der Waals surface area contributed by atoms with Gasteiger partial charge in [-0.25, -0.2) is 4.99 Å². The van der Waals surface area contributed by atoms with Crippen LogP contribution in [0.1, 0.15) is 11.1 Å². The van der Waals surface area contributed by atoms with Gasteiger partial charge in [-0.05, 0) is 29.7 Å². The molecule has 3 N–H and O–H groups in total. The summed E-state index contributed by atoms with van der Waals surface area (Å²) in [4.78, 5) is 4.32. The van der Waals surface area contributed by atoms with E-state index in [2.05, 4.69) is 4.99 Å². The number of halogens is 1.